The fourth-order valence-electron chi connectivity index (χ4n) is 3.46. The molecule has 0 radical (unpaired) electrons. The number of hydrogen-bond acceptors (Lipinski definition) is 3. The van der Waals surface area contributed by atoms with E-state index in [9.17, 15) is 9.59 Å². The fourth-order valence-corrected chi connectivity index (χ4v) is 3.46. The van der Waals surface area contributed by atoms with Gasteiger partial charge in [0.05, 0.1) is 0 Å². The van der Waals surface area contributed by atoms with Gasteiger partial charge in [-0.2, -0.15) is 0 Å². The first kappa shape index (κ1) is 23.8. The SMILES string of the molecule is Cc1ccc(NC(=O)COc2ccc(C(C)(C)C)cc2C(C)(C)C)cc1NC(=O)C1CC1. The molecule has 1 fully saturated rings. The van der Waals surface area contributed by atoms with Crippen LogP contribution in [0.4, 0.5) is 11.4 Å². The Labute approximate surface area is 191 Å². The zero-order valence-electron chi connectivity index (χ0n) is 20.4. The average Bonchev–Trinajstić information content (AvgIpc) is 3.53. The molecule has 0 saturated heterocycles. The third kappa shape index (κ3) is 6.12. The first-order valence-corrected chi connectivity index (χ1v) is 11.3. The van der Waals surface area contributed by atoms with Crippen LogP contribution in [0.1, 0.15) is 71.1 Å². The van der Waals surface area contributed by atoms with E-state index in [1.807, 2.05) is 25.1 Å². The van der Waals surface area contributed by atoms with Gasteiger partial charge in [0, 0.05) is 17.3 Å². The van der Waals surface area contributed by atoms with Gasteiger partial charge in [0.2, 0.25) is 5.91 Å². The van der Waals surface area contributed by atoms with Gasteiger partial charge >= 0.3 is 0 Å². The molecule has 5 nitrogen and oxygen atoms in total. The van der Waals surface area contributed by atoms with Crippen LogP contribution >= 0.6 is 0 Å². The number of nitrogens with one attached hydrogen (secondary N) is 2. The number of benzene rings is 2. The third-order valence-corrected chi connectivity index (χ3v) is 5.74. The van der Waals surface area contributed by atoms with E-state index in [1.165, 1.54) is 5.56 Å². The van der Waals surface area contributed by atoms with Crippen molar-refractivity contribution in [3.8, 4) is 5.75 Å². The fraction of sp³-hybridized carbons (Fsp3) is 0.481. The molecule has 3 rings (SSSR count). The summed E-state index contributed by atoms with van der Waals surface area (Å²) in [6, 6.07) is 11.7. The summed E-state index contributed by atoms with van der Waals surface area (Å²) >= 11 is 0. The molecule has 1 aliphatic carbocycles. The summed E-state index contributed by atoms with van der Waals surface area (Å²) in [7, 11) is 0. The van der Waals surface area contributed by atoms with Crippen LogP contribution in [0.5, 0.6) is 5.75 Å². The van der Waals surface area contributed by atoms with Crippen molar-refractivity contribution in [1.82, 2.24) is 0 Å². The van der Waals surface area contributed by atoms with Gasteiger partial charge < -0.3 is 15.4 Å². The molecular weight excluding hydrogens is 400 g/mol. The normalized spacial score (nSPS) is 14.1. The van der Waals surface area contributed by atoms with Gasteiger partial charge in [0.1, 0.15) is 5.75 Å². The third-order valence-electron chi connectivity index (χ3n) is 5.74. The summed E-state index contributed by atoms with van der Waals surface area (Å²) in [5.74, 6) is 0.658. The lowest BCUT2D eigenvalue weighted by Crippen LogP contribution is -2.23. The Bertz CT molecular complexity index is 1010. The molecule has 2 N–H and O–H groups in total. The number of hydrogen-bond donors (Lipinski definition) is 2. The van der Waals surface area contributed by atoms with Crippen molar-refractivity contribution in [2.75, 3.05) is 17.2 Å². The Balaban J connectivity index is 1.68. The van der Waals surface area contributed by atoms with Gasteiger partial charge in [0.25, 0.3) is 5.91 Å². The summed E-state index contributed by atoms with van der Waals surface area (Å²) in [6.07, 6.45) is 1.90. The average molecular weight is 437 g/mol. The Kier molecular flexibility index (Phi) is 6.68. The minimum atomic E-state index is -0.243. The number of aryl methyl sites for hydroxylation is 1. The van der Waals surface area contributed by atoms with Crippen LogP contribution in [0.2, 0.25) is 0 Å². The van der Waals surface area contributed by atoms with E-state index < -0.39 is 0 Å². The van der Waals surface area contributed by atoms with Crippen LogP contribution in [0, 0.1) is 12.8 Å². The van der Waals surface area contributed by atoms with Gasteiger partial charge in [-0.1, -0.05) is 59.7 Å². The maximum absolute atomic E-state index is 12.6. The van der Waals surface area contributed by atoms with Crippen molar-refractivity contribution in [2.24, 2.45) is 5.92 Å². The molecule has 0 spiro atoms. The number of rotatable bonds is 6. The molecule has 0 bridgehead atoms. The number of carbonyl (C=O) groups is 2. The minimum Gasteiger partial charge on any atom is -0.483 e. The molecule has 2 aromatic carbocycles. The Hall–Kier alpha value is -2.82. The second kappa shape index (κ2) is 8.97. The van der Waals surface area contributed by atoms with Crippen molar-refractivity contribution in [2.45, 2.75) is 72.1 Å². The van der Waals surface area contributed by atoms with E-state index in [0.29, 0.717) is 5.69 Å². The van der Waals surface area contributed by atoms with Crippen molar-refractivity contribution in [3.05, 3.63) is 53.1 Å². The van der Waals surface area contributed by atoms with E-state index in [4.69, 9.17) is 4.74 Å². The van der Waals surface area contributed by atoms with Crippen LogP contribution in [0.15, 0.2) is 36.4 Å². The molecule has 32 heavy (non-hydrogen) atoms. The standard InChI is InChI=1S/C27H36N2O3/c1-17-8-12-20(15-22(17)29-25(31)18-9-10-18)28-24(30)16-32-23-13-11-19(26(2,3)4)14-21(23)27(5,6)7/h8,11-15,18H,9-10,16H2,1-7H3,(H,28,30)(H,29,31). The van der Waals surface area contributed by atoms with Crippen molar-refractivity contribution >= 4 is 23.2 Å². The molecular formula is C27H36N2O3. The second-order valence-corrected chi connectivity index (χ2v) is 10.8. The molecule has 0 heterocycles. The molecule has 0 aliphatic heterocycles. The predicted molar refractivity (Wildman–Crippen MR) is 130 cm³/mol. The largest absolute Gasteiger partial charge is 0.483 e. The van der Waals surface area contributed by atoms with Crippen LogP contribution in [-0.2, 0) is 20.4 Å². The second-order valence-electron chi connectivity index (χ2n) is 10.8. The van der Waals surface area contributed by atoms with E-state index in [0.717, 1.165) is 35.4 Å². The molecule has 1 aliphatic rings. The highest BCUT2D eigenvalue weighted by Crippen LogP contribution is 2.35. The Morgan fingerprint density at radius 3 is 2.22 bits per heavy atom. The quantitative estimate of drug-likeness (QED) is 0.587. The molecule has 172 valence electrons. The van der Waals surface area contributed by atoms with Gasteiger partial charge in [-0.15, -0.1) is 0 Å². The molecule has 1 saturated carbocycles. The number of amides is 2. The highest BCUT2D eigenvalue weighted by Gasteiger charge is 2.30. The first-order chi connectivity index (χ1) is 14.8. The van der Waals surface area contributed by atoms with E-state index in [-0.39, 0.29) is 35.2 Å². The smallest absolute Gasteiger partial charge is 0.262 e. The highest BCUT2D eigenvalue weighted by atomic mass is 16.5. The van der Waals surface area contributed by atoms with E-state index in [2.05, 4.69) is 64.3 Å². The van der Waals surface area contributed by atoms with Gasteiger partial charge in [-0.05, 0) is 65.5 Å². The highest BCUT2D eigenvalue weighted by molar-refractivity contribution is 5.97. The van der Waals surface area contributed by atoms with Gasteiger partial charge in [-0.25, -0.2) is 0 Å². The number of ether oxygens (including phenoxy) is 1. The van der Waals surface area contributed by atoms with Gasteiger partial charge in [-0.3, -0.25) is 9.59 Å². The lowest BCUT2D eigenvalue weighted by Gasteiger charge is -2.27. The van der Waals surface area contributed by atoms with Crippen LogP contribution in [0.25, 0.3) is 0 Å². The van der Waals surface area contributed by atoms with Crippen molar-refractivity contribution in [1.29, 1.82) is 0 Å². The molecule has 2 aromatic rings. The summed E-state index contributed by atoms with van der Waals surface area (Å²) in [6.45, 7) is 14.8. The van der Waals surface area contributed by atoms with E-state index in [1.54, 1.807) is 6.07 Å². The maximum Gasteiger partial charge on any atom is 0.262 e. The van der Waals surface area contributed by atoms with Crippen LogP contribution in [-0.4, -0.2) is 18.4 Å². The molecule has 0 aromatic heterocycles. The summed E-state index contributed by atoms with van der Waals surface area (Å²) in [5, 5.41) is 5.84. The minimum absolute atomic E-state index is 0.0357. The molecule has 5 heteroatoms. The number of anilines is 2. The first-order valence-electron chi connectivity index (χ1n) is 11.3. The van der Waals surface area contributed by atoms with Crippen molar-refractivity contribution < 1.29 is 14.3 Å². The zero-order valence-corrected chi connectivity index (χ0v) is 20.4. The number of carbonyl (C=O) groups excluding carboxylic acids is 2. The van der Waals surface area contributed by atoms with Crippen LogP contribution in [0.3, 0.4) is 0 Å². The monoisotopic (exact) mass is 436 g/mol. The summed E-state index contributed by atoms with van der Waals surface area (Å²) in [5.41, 5.74) is 4.56. The summed E-state index contributed by atoms with van der Waals surface area (Å²) in [4.78, 5) is 24.7. The zero-order chi connectivity index (χ0) is 23.7. The van der Waals surface area contributed by atoms with Crippen LogP contribution < -0.4 is 15.4 Å². The van der Waals surface area contributed by atoms with Gasteiger partial charge in [0.15, 0.2) is 6.61 Å². The topological polar surface area (TPSA) is 67.4 Å². The van der Waals surface area contributed by atoms with Crippen molar-refractivity contribution in [3.63, 3.8) is 0 Å². The molecule has 0 atom stereocenters. The maximum atomic E-state index is 12.6. The molecule has 2 amide bonds. The molecule has 0 unspecified atom stereocenters. The Morgan fingerprint density at radius 1 is 0.938 bits per heavy atom. The van der Waals surface area contributed by atoms with E-state index >= 15 is 0 Å². The Morgan fingerprint density at radius 2 is 1.62 bits per heavy atom. The lowest BCUT2D eigenvalue weighted by molar-refractivity contribution is -0.118. The predicted octanol–water partition coefficient (Wildman–Crippen LogP) is 5.96. The summed E-state index contributed by atoms with van der Waals surface area (Å²) < 4.78 is 5.94. The lowest BCUT2D eigenvalue weighted by atomic mass is 9.80.